The molecule has 4 unspecified atom stereocenters. The second kappa shape index (κ2) is 7.02. The van der Waals surface area contributed by atoms with Gasteiger partial charge >= 0.3 is 0 Å². The molecule has 1 heterocycles. The first-order chi connectivity index (χ1) is 9.11. The van der Waals surface area contributed by atoms with Gasteiger partial charge in [0.25, 0.3) is 0 Å². The third-order valence-electron chi connectivity index (χ3n) is 4.69. The summed E-state index contributed by atoms with van der Waals surface area (Å²) in [6.07, 6.45) is 4.83. The lowest BCUT2D eigenvalue weighted by molar-refractivity contribution is -0.0231. The molecular weight excluding hydrogens is 240 g/mol. The van der Waals surface area contributed by atoms with Crippen LogP contribution in [-0.4, -0.2) is 61.0 Å². The van der Waals surface area contributed by atoms with Crippen LogP contribution in [-0.2, 0) is 4.74 Å². The summed E-state index contributed by atoms with van der Waals surface area (Å²) in [5.74, 6) is 0.548. The summed E-state index contributed by atoms with van der Waals surface area (Å²) in [4.78, 5) is 2.49. The Kier molecular flexibility index (Phi) is 5.63. The van der Waals surface area contributed by atoms with Gasteiger partial charge in [-0.3, -0.25) is 4.90 Å². The lowest BCUT2D eigenvalue weighted by atomic mass is 9.81. The predicted octanol–water partition coefficient (Wildman–Crippen LogP) is 1.23. The molecule has 0 bridgehead atoms. The minimum atomic E-state index is -0.123. The summed E-state index contributed by atoms with van der Waals surface area (Å²) in [6.45, 7) is 7.30. The van der Waals surface area contributed by atoms with E-state index in [4.69, 9.17) is 4.74 Å². The van der Waals surface area contributed by atoms with E-state index in [0.717, 1.165) is 26.1 Å². The Hall–Kier alpha value is -0.160. The molecule has 1 aliphatic heterocycles. The zero-order valence-electron chi connectivity index (χ0n) is 12.6. The number of methoxy groups -OCH3 is 1. The first kappa shape index (κ1) is 15.2. The van der Waals surface area contributed by atoms with Gasteiger partial charge in [-0.1, -0.05) is 13.8 Å². The van der Waals surface area contributed by atoms with Crippen molar-refractivity contribution in [2.24, 2.45) is 5.92 Å². The Morgan fingerprint density at radius 2 is 2.11 bits per heavy atom. The van der Waals surface area contributed by atoms with Crippen molar-refractivity contribution in [3.8, 4) is 0 Å². The van der Waals surface area contributed by atoms with E-state index in [1.54, 1.807) is 0 Å². The summed E-state index contributed by atoms with van der Waals surface area (Å²) >= 11 is 0. The molecule has 2 aliphatic rings. The standard InChI is InChI=1S/C15H30N2O2/c1-11(2)16-9-13-14(5-4-6-15(13)19-3)17-8-7-12(18)10-17/h11-16,18H,4-10H2,1-3H3. The Labute approximate surface area is 117 Å². The van der Waals surface area contributed by atoms with E-state index in [9.17, 15) is 5.11 Å². The highest BCUT2D eigenvalue weighted by atomic mass is 16.5. The van der Waals surface area contributed by atoms with E-state index >= 15 is 0 Å². The summed E-state index contributed by atoms with van der Waals surface area (Å²) in [7, 11) is 1.84. The molecule has 0 aromatic carbocycles. The first-order valence-electron chi connectivity index (χ1n) is 7.80. The van der Waals surface area contributed by atoms with Gasteiger partial charge in [0.15, 0.2) is 0 Å². The highest BCUT2D eigenvalue weighted by Gasteiger charge is 2.38. The molecule has 1 aliphatic carbocycles. The highest BCUT2D eigenvalue weighted by molar-refractivity contribution is 4.93. The van der Waals surface area contributed by atoms with Gasteiger partial charge in [0, 0.05) is 44.7 Å². The second-order valence-corrected chi connectivity index (χ2v) is 6.44. The fraction of sp³-hybridized carbons (Fsp3) is 1.00. The Morgan fingerprint density at radius 3 is 2.68 bits per heavy atom. The van der Waals surface area contributed by atoms with Crippen LogP contribution >= 0.6 is 0 Å². The average Bonchev–Trinajstić information content (AvgIpc) is 2.82. The smallest absolute Gasteiger partial charge is 0.0679 e. The van der Waals surface area contributed by atoms with Crippen LogP contribution in [0, 0.1) is 5.92 Å². The quantitative estimate of drug-likeness (QED) is 0.789. The van der Waals surface area contributed by atoms with E-state index in [-0.39, 0.29) is 6.10 Å². The third kappa shape index (κ3) is 3.91. The number of aliphatic hydroxyl groups excluding tert-OH is 1. The normalized spacial score (nSPS) is 37.1. The highest BCUT2D eigenvalue weighted by Crippen LogP contribution is 2.32. The van der Waals surface area contributed by atoms with Crippen molar-refractivity contribution in [1.29, 1.82) is 0 Å². The summed E-state index contributed by atoms with van der Waals surface area (Å²) in [5.41, 5.74) is 0. The van der Waals surface area contributed by atoms with Gasteiger partial charge in [-0.2, -0.15) is 0 Å². The molecule has 0 radical (unpaired) electrons. The molecular formula is C15H30N2O2. The number of nitrogens with zero attached hydrogens (tertiary/aromatic N) is 1. The van der Waals surface area contributed by atoms with E-state index in [0.29, 0.717) is 24.1 Å². The number of rotatable bonds is 5. The zero-order valence-corrected chi connectivity index (χ0v) is 12.6. The molecule has 1 saturated heterocycles. The van der Waals surface area contributed by atoms with Gasteiger partial charge in [0.1, 0.15) is 0 Å². The Bertz CT molecular complexity index is 273. The first-order valence-corrected chi connectivity index (χ1v) is 7.80. The van der Waals surface area contributed by atoms with Crippen molar-refractivity contribution < 1.29 is 9.84 Å². The molecule has 0 spiro atoms. The van der Waals surface area contributed by atoms with Crippen LogP contribution < -0.4 is 5.32 Å². The van der Waals surface area contributed by atoms with Gasteiger partial charge in [-0.25, -0.2) is 0 Å². The van der Waals surface area contributed by atoms with Crippen molar-refractivity contribution in [3.05, 3.63) is 0 Å². The third-order valence-corrected chi connectivity index (χ3v) is 4.69. The lowest BCUT2D eigenvalue weighted by Gasteiger charge is -2.42. The van der Waals surface area contributed by atoms with Crippen molar-refractivity contribution in [2.45, 2.75) is 63.8 Å². The molecule has 0 aromatic heterocycles. The molecule has 4 heteroatoms. The van der Waals surface area contributed by atoms with Gasteiger partial charge in [0.2, 0.25) is 0 Å². The molecule has 2 N–H and O–H groups in total. The van der Waals surface area contributed by atoms with E-state index in [1.807, 2.05) is 7.11 Å². The molecule has 19 heavy (non-hydrogen) atoms. The van der Waals surface area contributed by atoms with Crippen LogP contribution in [0.3, 0.4) is 0 Å². The molecule has 2 fully saturated rings. The van der Waals surface area contributed by atoms with Crippen molar-refractivity contribution >= 4 is 0 Å². The summed E-state index contributed by atoms with van der Waals surface area (Å²) in [6, 6.07) is 1.09. The number of hydrogen-bond donors (Lipinski definition) is 2. The van der Waals surface area contributed by atoms with Crippen molar-refractivity contribution in [3.63, 3.8) is 0 Å². The van der Waals surface area contributed by atoms with Crippen LogP contribution in [0.5, 0.6) is 0 Å². The predicted molar refractivity (Wildman–Crippen MR) is 77.3 cm³/mol. The van der Waals surface area contributed by atoms with E-state index in [2.05, 4.69) is 24.1 Å². The van der Waals surface area contributed by atoms with Crippen molar-refractivity contribution in [2.75, 3.05) is 26.7 Å². The Morgan fingerprint density at radius 1 is 1.32 bits per heavy atom. The monoisotopic (exact) mass is 270 g/mol. The molecule has 0 amide bonds. The van der Waals surface area contributed by atoms with Gasteiger partial charge in [-0.05, 0) is 25.7 Å². The maximum absolute atomic E-state index is 9.77. The van der Waals surface area contributed by atoms with Crippen LogP contribution in [0.4, 0.5) is 0 Å². The molecule has 1 saturated carbocycles. The fourth-order valence-corrected chi connectivity index (χ4v) is 3.66. The second-order valence-electron chi connectivity index (χ2n) is 6.44. The molecule has 112 valence electrons. The maximum atomic E-state index is 9.77. The molecule has 4 atom stereocenters. The maximum Gasteiger partial charge on any atom is 0.0679 e. The number of nitrogens with one attached hydrogen (secondary N) is 1. The number of β-amino-alcohol motifs (C(OH)–C–C–N with tert-alkyl or cyclic N) is 1. The van der Waals surface area contributed by atoms with Crippen LogP contribution in [0.2, 0.25) is 0 Å². The van der Waals surface area contributed by atoms with Crippen LogP contribution in [0.15, 0.2) is 0 Å². The topological polar surface area (TPSA) is 44.7 Å². The zero-order chi connectivity index (χ0) is 13.8. The minimum Gasteiger partial charge on any atom is -0.392 e. The number of ether oxygens (including phenoxy) is 1. The molecule has 0 aromatic rings. The minimum absolute atomic E-state index is 0.123. The van der Waals surface area contributed by atoms with Gasteiger partial charge < -0.3 is 15.2 Å². The average molecular weight is 270 g/mol. The van der Waals surface area contributed by atoms with Crippen LogP contribution in [0.1, 0.15) is 39.5 Å². The van der Waals surface area contributed by atoms with Crippen LogP contribution in [0.25, 0.3) is 0 Å². The summed E-state index contributed by atoms with van der Waals surface area (Å²) < 4.78 is 5.72. The fourth-order valence-electron chi connectivity index (χ4n) is 3.66. The summed E-state index contributed by atoms with van der Waals surface area (Å²) in [5, 5.41) is 13.3. The van der Waals surface area contributed by atoms with E-state index < -0.39 is 0 Å². The molecule has 2 rings (SSSR count). The van der Waals surface area contributed by atoms with Gasteiger partial charge in [0.05, 0.1) is 12.2 Å². The van der Waals surface area contributed by atoms with E-state index in [1.165, 1.54) is 19.3 Å². The number of likely N-dealkylation sites (tertiary alicyclic amines) is 1. The SMILES string of the molecule is COC1CCCC(N2CCC(O)C2)C1CNC(C)C. The Balaban J connectivity index is 2.00. The lowest BCUT2D eigenvalue weighted by Crippen LogP contribution is -2.51. The largest absolute Gasteiger partial charge is 0.392 e. The number of hydrogen-bond acceptors (Lipinski definition) is 4. The van der Waals surface area contributed by atoms with Gasteiger partial charge in [-0.15, -0.1) is 0 Å². The number of aliphatic hydroxyl groups is 1. The molecule has 4 nitrogen and oxygen atoms in total. The van der Waals surface area contributed by atoms with Crippen molar-refractivity contribution in [1.82, 2.24) is 10.2 Å².